The molecule has 0 heteroatoms. The van der Waals surface area contributed by atoms with E-state index in [-0.39, 0.29) is 0 Å². The van der Waals surface area contributed by atoms with E-state index in [9.17, 15) is 0 Å². The Morgan fingerprint density at radius 3 is 2.15 bits per heavy atom. The Hall–Kier alpha value is -1.22. The maximum absolute atomic E-state index is 3.25. The minimum atomic E-state index is 0.381. The first-order valence-electron chi connectivity index (χ1n) is 4.73. The first kappa shape index (κ1) is 9.86. The van der Waals surface area contributed by atoms with Gasteiger partial charge in [-0.05, 0) is 18.4 Å². The van der Waals surface area contributed by atoms with Gasteiger partial charge in [0.15, 0.2) is 0 Å². The van der Waals surface area contributed by atoms with Gasteiger partial charge >= 0.3 is 0 Å². The van der Waals surface area contributed by atoms with Crippen LogP contribution in [0.15, 0.2) is 30.3 Å². The summed E-state index contributed by atoms with van der Waals surface area (Å²) in [6.45, 7) is 6.32. The van der Waals surface area contributed by atoms with Crippen molar-refractivity contribution in [3.63, 3.8) is 0 Å². The summed E-state index contributed by atoms with van der Waals surface area (Å²) in [6.07, 6.45) is 0. The van der Waals surface area contributed by atoms with Crippen LogP contribution in [0.1, 0.15) is 32.3 Å². The van der Waals surface area contributed by atoms with Gasteiger partial charge in [-0.1, -0.05) is 50.1 Å². The molecule has 0 aliphatic heterocycles. The lowest BCUT2D eigenvalue weighted by molar-refractivity contribution is 0.592. The van der Waals surface area contributed by atoms with Gasteiger partial charge in [-0.25, -0.2) is 0 Å². The van der Waals surface area contributed by atoms with Crippen molar-refractivity contribution in [3.8, 4) is 11.8 Å². The van der Waals surface area contributed by atoms with Crippen LogP contribution in [-0.2, 0) is 0 Å². The third kappa shape index (κ3) is 2.63. The summed E-state index contributed by atoms with van der Waals surface area (Å²) >= 11 is 0. The molecule has 0 N–H and O–H groups in total. The molecule has 0 aromatic heterocycles. The van der Waals surface area contributed by atoms with E-state index in [4.69, 9.17) is 0 Å². The molecule has 68 valence electrons. The highest BCUT2D eigenvalue weighted by Gasteiger charge is 2.11. The summed E-state index contributed by atoms with van der Waals surface area (Å²) in [7, 11) is 0. The van der Waals surface area contributed by atoms with Gasteiger partial charge < -0.3 is 0 Å². The van der Waals surface area contributed by atoms with E-state index in [0.717, 1.165) is 0 Å². The molecule has 1 atom stereocenters. The summed E-state index contributed by atoms with van der Waals surface area (Å²) in [5, 5.41) is 0. The number of benzene rings is 1. The highest BCUT2D eigenvalue weighted by atomic mass is 14.1. The van der Waals surface area contributed by atoms with Crippen LogP contribution in [0.3, 0.4) is 0 Å². The normalized spacial score (nSPS) is 12.0. The van der Waals surface area contributed by atoms with Crippen molar-refractivity contribution in [1.82, 2.24) is 0 Å². The summed E-state index contributed by atoms with van der Waals surface area (Å²) in [6, 6.07) is 10.5. The molecule has 0 spiro atoms. The van der Waals surface area contributed by atoms with Gasteiger partial charge in [0.1, 0.15) is 0 Å². The average Bonchev–Trinajstić information content (AvgIpc) is 2.15. The van der Waals surface area contributed by atoms with Crippen LogP contribution in [0, 0.1) is 17.8 Å². The SMILES string of the molecule is CC#CC(c1ccccc1)C(C)C. The molecule has 0 amide bonds. The van der Waals surface area contributed by atoms with Crippen molar-refractivity contribution >= 4 is 0 Å². The van der Waals surface area contributed by atoms with Crippen molar-refractivity contribution < 1.29 is 0 Å². The maximum atomic E-state index is 3.25. The zero-order valence-electron chi connectivity index (χ0n) is 8.54. The van der Waals surface area contributed by atoms with Crippen LogP contribution < -0.4 is 0 Å². The molecule has 1 aromatic rings. The summed E-state index contributed by atoms with van der Waals surface area (Å²) < 4.78 is 0. The van der Waals surface area contributed by atoms with Crippen molar-refractivity contribution in [3.05, 3.63) is 35.9 Å². The van der Waals surface area contributed by atoms with Gasteiger partial charge in [0.25, 0.3) is 0 Å². The first-order valence-corrected chi connectivity index (χ1v) is 4.73. The Bertz CT molecular complexity index is 298. The summed E-state index contributed by atoms with van der Waals surface area (Å²) in [5.41, 5.74) is 1.33. The van der Waals surface area contributed by atoms with Crippen molar-refractivity contribution in [1.29, 1.82) is 0 Å². The molecule has 0 aliphatic rings. The number of hydrogen-bond donors (Lipinski definition) is 0. The van der Waals surface area contributed by atoms with E-state index in [1.54, 1.807) is 0 Å². The molecule has 0 radical (unpaired) electrons. The Balaban J connectivity index is 2.93. The highest BCUT2D eigenvalue weighted by molar-refractivity contribution is 5.28. The first-order chi connectivity index (χ1) is 6.25. The van der Waals surface area contributed by atoms with Crippen LogP contribution in [-0.4, -0.2) is 0 Å². The molecule has 1 aromatic carbocycles. The molecule has 0 bridgehead atoms. The van der Waals surface area contributed by atoms with E-state index in [1.807, 2.05) is 13.0 Å². The molecule has 13 heavy (non-hydrogen) atoms. The second-order valence-electron chi connectivity index (χ2n) is 3.53. The van der Waals surface area contributed by atoms with Crippen LogP contribution in [0.4, 0.5) is 0 Å². The highest BCUT2D eigenvalue weighted by Crippen LogP contribution is 2.22. The lowest BCUT2D eigenvalue weighted by Crippen LogP contribution is -2.03. The largest absolute Gasteiger partial charge is 0.106 e. The molecule has 0 aliphatic carbocycles. The van der Waals surface area contributed by atoms with Gasteiger partial charge in [0.2, 0.25) is 0 Å². The molecule has 1 rings (SSSR count). The van der Waals surface area contributed by atoms with Crippen molar-refractivity contribution in [2.24, 2.45) is 5.92 Å². The molecule has 0 saturated heterocycles. The van der Waals surface area contributed by atoms with Crippen molar-refractivity contribution in [2.75, 3.05) is 0 Å². The lowest BCUT2D eigenvalue weighted by Gasteiger charge is -2.14. The minimum absolute atomic E-state index is 0.381. The lowest BCUT2D eigenvalue weighted by atomic mass is 9.89. The van der Waals surface area contributed by atoms with E-state index in [2.05, 4.69) is 50.0 Å². The molecular formula is C13H16. The van der Waals surface area contributed by atoms with Crippen LogP contribution in [0.25, 0.3) is 0 Å². The predicted octanol–water partition coefficient (Wildman–Crippen LogP) is 3.45. The fourth-order valence-electron chi connectivity index (χ4n) is 1.45. The van der Waals surface area contributed by atoms with Crippen LogP contribution in [0.5, 0.6) is 0 Å². The van der Waals surface area contributed by atoms with Gasteiger partial charge in [0, 0.05) is 5.92 Å². The van der Waals surface area contributed by atoms with Crippen molar-refractivity contribution in [2.45, 2.75) is 26.7 Å². The second kappa shape index (κ2) is 4.72. The Labute approximate surface area is 81.0 Å². The zero-order valence-corrected chi connectivity index (χ0v) is 8.54. The Morgan fingerprint density at radius 1 is 1.08 bits per heavy atom. The molecule has 0 nitrogen and oxygen atoms in total. The molecule has 0 saturated carbocycles. The van der Waals surface area contributed by atoms with Gasteiger partial charge in [0.05, 0.1) is 0 Å². The average molecular weight is 172 g/mol. The third-order valence-corrected chi connectivity index (χ3v) is 2.13. The van der Waals surface area contributed by atoms with Gasteiger partial charge in [-0.2, -0.15) is 0 Å². The van der Waals surface area contributed by atoms with E-state index >= 15 is 0 Å². The van der Waals surface area contributed by atoms with Crippen LogP contribution in [0.2, 0.25) is 0 Å². The third-order valence-electron chi connectivity index (χ3n) is 2.13. The molecule has 0 heterocycles. The topological polar surface area (TPSA) is 0 Å². The Morgan fingerprint density at radius 2 is 1.69 bits per heavy atom. The molecule has 0 fully saturated rings. The Kier molecular flexibility index (Phi) is 3.58. The zero-order chi connectivity index (χ0) is 9.68. The van der Waals surface area contributed by atoms with Crippen LogP contribution >= 0.6 is 0 Å². The standard InChI is InChI=1S/C13H16/c1-4-8-13(11(2)3)12-9-6-5-7-10-12/h5-7,9-11,13H,1-3H3. The van der Waals surface area contributed by atoms with E-state index < -0.39 is 0 Å². The van der Waals surface area contributed by atoms with Gasteiger partial charge in [-0.3, -0.25) is 0 Å². The van der Waals surface area contributed by atoms with E-state index in [0.29, 0.717) is 11.8 Å². The summed E-state index contributed by atoms with van der Waals surface area (Å²) in [5.74, 6) is 7.21. The predicted molar refractivity (Wildman–Crippen MR) is 57.5 cm³/mol. The van der Waals surface area contributed by atoms with E-state index in [1.165, 1.54) is 5.56 Å². The monoisotopic (exact) mass is 172 g/mol. The maximum Gasteiger partial charge on any atom is 0.0475 e. The smallest absolute Gasteiger partial charge is 0.0475 e. The fourth-order valence-corrected chi connectivity index (χ4v) is 1.45. The quantitative estimate of drug-likeness (QED) is 0.599. The molecular weight excluding hydrogens is 156 g/mol. The molecule has 1 unspecified atom stereocenters. The number of rotatable bonds is 2. The second-order valence-corrected chi connectivity index (χ2v) is 3.53. The number of hydrogen-bond acceptors (Lipinski definition) is 0. The summed E-state index contributed by atoms with van der Waals surface area (Å²) in [4.78, 5) is 0. The van der Waals surface area contributed by atoms with Gasteiger partial charge in [-0.15, -0.1) is 5.92 Å². The minimum Gasteiger partial charge on any atom is -0.106 e. The fraction of sp³-hybridized carbons (Fsp3) is 0.385.